The second-order valence-corrected chi connectivity index (χ2v) is 4.67. The molecule has 98 valence electrons. The lowest BCUT2D eigenvalue weighted by atomic mass is 10.3. The summed E-state index contributed by atoms with van der Waals surface area (Å²) in [5.74, 6) is 2.13. The van der Waals surface area contributed by atoms with E-state index >= 15 is 0 Å². The van der Waals surface area contributed by atoms with Gasteiger partial charge in [-0.3, -0.25) is 9.78 Å². The number of furan rings is 1. The number of nitrogens with one attached hydrogen (secondary N) is 1. The molecule has 0 bridgehead atoms. The van der Waals surface area contributed by atoms with Gasteiger partial charge in [0.2, 0.25) is 0 Å². The van der Waals surface area contributed by atoms with Crippen LogP contribution in [0.25, 0.3) is 23.0 Å². The van der Waals surface area contributed by atoms with E-state index in [-0.39, 0.29) is 0 Å². The average molecular weight is 276 g/mol. The quantitative estimate of drug-likeness (QED) is 0.707. The molecule has 3 rings (SSSR count). The predicted molar refractivity (Wildman–Crippen MR) is 72.5 cm³/mol. The van der Waals surface area contributed by atoms with Gasteiger partial charge in [0.25, 0.3) is 0 Å². The lowest BCUT2D eigenvalue weighted by Crippen LogP contribution is -1.92. The number of H-pyrrole nitrogens is 1. The number of rotatable bonds is 3. The summed E-state index contributed by atoms with van der Waals surface area (Å²) in [4.78, 5) is 4.40. The molecule has 0 unspecified atom stereocenters. The molecule has 0 aliphatic carbocycles. The maximum atomic E-state index is 5.92. The van der Waals surface area contributed by atoms with Gasteiger partial charge in [-0.1, -0.05) is 0 Å². The van der Waals surface area contributed by atoms with Gasteiger partial charge in [0.1, 0.15) is 5.03 Å². The highest BCUT2D eigenvalue weighted by Gasteiger charge is 2.20. The Morgan fingerprint density at radius 3 is 3.00 bits per heavy atom. The predicted octanol–water partition coefficient (Wildman–Crippen LogP) is 1.77. The Morgan fingerprint density at radius 2 is 2.32 bits per heavy atom. The van der Waals surface area contributed by atoms with Crippen LogP contribution in [0.15, 0.2) is 27.8 Å². The fourth-order valence-electron chi connectivity index (χ4n) is 1.87. The molecule has 0 aromatic carbocycles. The molecular weight excluding hydrogens is 264 g/mol. The molecule has 19 heavy (non-hydrogen) atoms. The number of hydrogen-bond donors (Lipinski definition) is 2. The van der Waals surface area contributed by atoms with Crippen LogP contribution in [0.2, 0.25) is 0 Å². The number of nitrogens with zero attached hydrogens (tertiary/aromatic N) is 4. The van der Waals surface area contributed by atoms with Gasteiger partial charge in [-0.15, -0.1) is 11.8 Å². The first kappa shape index (κ1) is 11.8. The third-order valence-corrected chi connectivity index (χ3v) is 3.53. The van der Waals surface area contributed by atoms with Crippen LogP contribution >= 0.6 is 11.8 Å². The van der Waals surface area contributed by atoms with Gasteiger partial charge in [0.05, 0.1) is 11.8 Å². The van der Waals surface area contributed by atoms with E-state index in [1.54, 1.807) is 28.8 Å². The molecule has 0 radical (unpaired) electrons. The Kier molecular flexibility index (Phi) is 2.79. The number of nitrogens with two attached hydrogens (primary N) is 1. The van der Waals surface area contributed by atoms with Crippen molar-refractivity contribution in [2.75, 3.05) is 12.0 Å². The summed E-state index contributed by atoms with van der Waals surface area (Å²) < 4.78 is 6.99. The second kappa shape index (κ2) is 4.47. The first-order valence-corrected chi connectivity index (χ1v) is 6.76. The number of thioether (sulfide) groups is 1. The normalized spacial score (nSPS) is 11.1. The fraction of sp³-hybridized carbons (Fsp3) is 0.182. The van der Waals surface area contributed by atoms with Crippen molar-refractivity contribution in [1.29, 1.82) is 0 Å². The molecule has 3 aromatic heterocycles. The van der Waals surface area contributed by atoms with E-state index in [2.05, 4.69) is 20.3 Å². The number of hydrogen-bond acceptors (Lipinski definition) is 6. The molecule has 0 atom stereocenters. The minimum atomic E-state index is 0.414. The minimum absolute atomic E-state index is 0.414. The van der Waals surface area contributed by atoms with Crippen molar-refractivity contribution in [3.63, 3.8) is 0 Å². The van der Waals surface area contributed by atoms with Gasteiger partial charge in [0, 0.05) is 7.05 Å². The minimum Gasteiger partial charge on any atom is -0.461 e. The van der Waals surface area contributed by atoms with Crippen LogP contribution in [0.5, 0.6) is 0 Å². The molecule has 7 nitrogen and oxygen atoms in total. The summed E-state index contributed by atoms with van der Waals surface area (Å²) in [6, 6.07) is 3.61. The van der Waals surface area contributed by atoms with E-state index in [0.717, 1.165) is 10.6 Å². The highest BCUT2D eigenvalue weighted by Crippen LogP contribution is 2.33. The van der Waals surface area contributed by atoms with Gasteiger partial charge in [-0.25, -0.2) is 4.98 Å². The third kappa shape index (κ3) is 1.89. The monoisotopic (exact) mass is 276 g/mol. The lowest BCUT2D eigenvalue weighted by molar-refractivity contribution is 0.577. The van der Waals surface area contributed by atoms with Gasteiger partial charge < -0.3 is 10.2 Å². The van der Waals surface area contributed by atoms with E-state index in [0.29, 0.717) is 23.2 Å². The van der Waals surface area contributed by atoms with Gasteiger partial charge >= 0.3 is 0 Å². The first-order valence-electron chi connectivity index (χ1n) is 5.54. The van der Waals surface area contributed by atoms with Crippen molar-refractivity contribution < 1.29 is 4.42 Å². The number of aromatic amines is 1. The largest absolute Gasteiger partial charge is 0.461 e. The Morgan fingerprint density at radius 1 is 1.47 bits per heavy atom. The summed E-state index contributed by atoms with van der Waals surface area (Å²) in [5, 5.41) is 12.1. The molecule has 3 aromatic rings. The maximum Gasteiger partial charge on any atom is 0.192 e. The molecule has 0 saturated carbocycles. The van der Waals surface area contributed by atoms with Crippen molar-refractivity contribution >= 4 is 17.6 Å². The molecule has 8 heteroatoms. The van der Waals surface area contributed by atoms with E-state index in [4.69, 9.17) is 10.2 Å². The number of aromatic nitrogens is 5. The first-order chi connectivity index (χ1) is 9.20. The zero-order chi connectivity index (χ0) is 13.4. The zero-order valence-electron chi connectivity index (χ0n) is 10.4. The molecule has 3 N–H and O–H groups in total. The lowest BCUT2D eigenvalue weighted by Gasteiger charge is -1.98. The standard InChI is InChI=1S/C11H12N6OS/c1-17-11(19-2)7(8(12)16-17)10-13-9(14-15-10)6-4-3-5-18-6/h3-5H,1-2H3,(H2,12,16)(H,13,14,15). The molecule has 0 aliphatic heterocycles. The van der Waals surface area contributed by atoms with Gasteiger partial charge in [-0.2, -0.15) is 10.2 Å². The Labute approximate surface area is 113 Å². The van der Waals surface area contributed by atoms with Crippen molar-refractivity contribution in [3.05, 3.63) is 18.4 Å². The molecule has 3 heterocycles. The van der Waals surface area contributed by atoms with Crippen molar-refractivity contribution in [2.45, 2.75) is 5.03 Å². The van der Waals surface area contributed by atoms with Crippen LogP contribution in [0.4, 0.5) is 5.82 Å². The number of anilines is 1. The number of aryl methyl sites for hydroxylation is 1. The highest BCUT2D eigenvalue weighted by atomic mass is 32.2. The Hall–Kier alpha value is -2.22. The Bertz CT molecular complexity index is 699. The molecule has 0 aliphatic rings. The van der Waals surface area contributed by atoms with Crippen molar-refractivity contribution in [1.82, 2.24) is 25.0 Å². The SMILES string of the molecule is CSc1c(-c2n[nH]c(-c3ccco3)n2)c(N)nn1C. The summed E-state index contributed by atoms with van der Waals surface area (Å²) in [7, 11) is 1.84. The fourth-order valence-corrected chi connectivity index (χ4v) is 2.57. The third-order valence-electron chi connectivity index (χ3n) is 2.68. The molecule has 0 fully saturated rings. The van der Waals surface area contributed by atoms with Crippen LogP contribution < -0.4 is 5.73 Å². The van der Waals surface area contributed by atoms with Crippen molar-refractivity contribution in [2.24, 2.45) is 7.05 Å². The van der Waals surface area contributed by atoms with Crippen LogP contribution in [-0.4, -0.2) is 31.2 Å². The maximum absolute atomic E-state index is 5.92. The summed E-state index contributed by atoms with van der Waals surface area (Å²) in [6.45, 7) is 0. The highest BCUT2D eigenvalue weighted by molar-refractivity contribution is 7.98. The van der Waals surface area contributed by atoms with Gasteiger partial charge in [-0.05, 0) is 18.4 Å². The van der Waals surface area contributed by atoms with Crippen LogP contribution in [0, 0.1) is 0 Å². The average Bonchev–Trinajstić information content (AvgIpc) is 3.07. The van der Waals surface area contributed by atoms with Gasteiger partial charge in [0.15, 0.2) is 23.2 Å². The van der Waals surface area contributed by atoms with E-state index < -0.39 is 0 Å². The second-order valence-electron chi connectivity index (χ2n) is 3.88. The van der Waals surface area contributed by atoms with Crippen LogP contribution in [-0.2, 0) is 7.05 Å². The topological polar surface area (TPSA) is 98.6 Å². The van der Waals surface area contributed by atoms with Crippen LogP contribution in [0.3, 0.4) is 0 Å². The van der Waals surface area contributed by atoms with Crippen molar-refractivity contribution in [3.8, 4) is 23.0 Å². The molecular formula is C11H12N6OS. The smallest absolute Gasteiger partial charge is 0.192 e. The number of nitrogen functional groups attached to an aromatic ring is 1. The summed E-state index contributed by atoms with van der Waals surface area (Å²) in [5.41, 5.74) is 6.66. The van der Waals surface area contributed by atoms with E-state index in [1.807, 2.05) is 19.4 Å². The van der Waals surface area contributed by atoms with E-state index in [9.17, 15) is 0 Å². The molecule has 0 spiro atoms. The van der Waals surface area contributed by atoms with Crippen LogP contribution in [0.1, 0.15) is 0 Å². The molecule has 0 amide bonds. The summed E-state index contributed by atoms with van der Waals surface area (Å²) in [6.07, 6.45) is 3.54. The Balaban J connectivity index is 2.08. The zero-order valence-corrected chi connectivity index (χ0v) is 11.2. The van der Waals surface area contributed by atoms with E-state index in [1.165, 1.54) is 0 Å². The molecule has 0 saturated heterocycles. The summed E-state index contributed by atoms with van der Waals surface area (Å²) >= 11 is 1.55.